The van der Waals surface area contributed by atoms with E-state index in [1.54, 1.807) is 13.2 Å². The lowest BCUT2D eigenvalue weighted by molar-refractivity contribution is -0.137. The number of amides is 1. The fraction of sp³-hybridized carbons (Fsp3) is 0.545. The summed E-state index contributed by atoms with van der Waals surface area (Å²) in [5.74, 6) is -1.33. The summed E-state index contributed by atoms with van der Waals surface area (Å²) in [5.41, 5.74) is 0.400. The molecule has 0 aliphatic rings. The van der Waals surface area contributed by atoms with Gasteiger partial charge in [-0.3, -0.25) is 14.3 Å². The highest BCUT2D eigenvalue weighted by atomic mass is 16.4. The molecular weight excluding hydrogens is 236 g/mol. The van der Waals surface area contributed by atoms with Gasteiger partial charge in [0.1, 0.15) is 6.54 Å². The fourth-order valence-electron chi connectivity index (χ4n) is 1.45. The van der Waals surface area contributed by atoms with Gasteiger partial charge in [0.25, 0.3) is 5.91 Å². The van der Waals surface area contributed by atoms with E-state index < -0.39 is 5.97 Å². The zero-order chi connectivity index (χ0) is 13.7. The zero-order valence-electron chi connectivity index (χ0n) is 10.8. The topological polar surface area (TPSA) is 78.7 Å². The van der Waals surface area contributed by atoms with E-state index in [2.05, 4.69) is 5.10 Å². The Morgan fingerprint density at radius 2 is 2.06 bits per heavy atom. The Balaban J connectivity index is 2.75. The summed E-state index contributed by atoms with van der Waals surface area (Å²) < 4.78 is 1.51. The monoisotopic (exact) mass is 254 g/mol. The van der Waals surface area contributed by atoms with Crippen LogP contribution in [0.3, 0.4) is 0 Å². The molecule has 1 heterocycles. The molecule has 0 aliphatic heterocycles. The Morgan fingerprint density at radius 3 is 2.50 bits per heavy atom. The van der Waals surface area contributed by atoms with Crippen molar-refractivity contribution in [3.05, 3.63) is 18.0 Å². The molecule has 1 aromatic heterocycles. The lowest BCUT2D eigenvalue weighted by Crippen LogP contribution is -2.39. The van der Waals surface area contributed by atoms with Gasteiger partial charge in [0.2, 0.25) is 0 Å². The van der Waals surface area contributed by atoms with Crippen LogP contribution in [0.25, 0.3) is 0 Å². The van der Waals surface area contributed by atoms with E-state index in [0.29, 0.717) is 18.7 Å². The van der Waals surface area contributed by atoms with Crippen LogP contribution in [0.4, 0.5) is 0 Å². The summed E-state index contributed by atoms with van der Waals surface area (Å²) in [6.07, 6.45) is 3.01. The quantitative estimate of drug-likeness (QED) is 0.741. The maximum Gasteiger partial charge on any atom is 0.323 e. The van der Waals surface area contributed by atoms with Crippen molar-refractivity contribution in [2.24, 2.45) is 7.05 Å². The van der Waals surface area contributed by atoms with Crippen molar-refractivity contribution in [3.63, 3.8) is 0 Å². The number of carbonyl (C=O) groups excluding carboxylic acids is 1. The van der Waals surface area contributed by atoms with Gasteiger partial charge in [0.05, 0.1) is 11.8 Å². The lowest BCUT2D eigenvalue weighted by Gasteiger charge is -2.22. The first-order valence-corrected chi connectivity index (χ1v) is 5.54. The molecule has 0 atom stereocenters. The molecule has 7 heteroatoms. The Morgan fingerprint density at radius 1 is 1.39 bits per heavy atom. The minimum Gasteiger partial charge on any atom is -0.480 e. The third-order valence-electron chi connectivity index (χ3n) is 2.38. The average Bonchev–Trinajstić information content (AvgIpc) is 2.69. The molecule has 0 aromatic carbocycles. The second-order valence-electron chi connectivity index (χ2n) is 4.33. The SMILES string of the molecule is CN(C)CCN(CC(=O)O)C(=O)c1cnn(C)c1. The van der Waals surface area contributed by atoms with Gasteiger partial charge in [-0.15, -0.1) is 0 Å². The van der Waals surface area contributed by atoms with Crippen molar-refractivity contribution in [1.82, 2.24) is 19.6 Å². The Labute approximate surface area is 106 Å². The molecule has 18 heavy (non-hydrogen) atoms. The minimum atomic E-state index is -1.02. The van der Waals surface area contributed by atoms with Gasteiger partial charge >= 0.3 is 5.97 Å². The van der Waals surface area contributed by atoms with E-state index in [1.807, 2.05) is 19.0 Å². The molecule has 0 radical (unpaired) electrons. The molecule has 0 fully saturated rings. The predicted molar refractivity (Wildman–Crippen MR) is 65.3 cm³/mol. The van der Waals surface area contributed by atoms with Crippen LogP contribution in [-0.2, 0) is 11.8 Å². The van der Waals surface area contributed by atoms with E-state index in [1.165, 1.54) is 15.8 Å². The lowest BCUT2D eigenvalue weighted by atomic mass is 10.3. The molecule has 7 nitrogen and oxygen atoms in total. The van der Waals surface area contributed by atoms with E-state index in [-0.39, 0.29) is 12.5 Å². The number of rotatable bonds is 6. The molecule has 0 saturated heterocycles. The zero-order valence-corrected chi connectivity index (χ0v) is 10.8. The second kappa shape index (κ2) is 6.15. The highest BCUT2D eigenvalue weighted by Gasteiger charge is 2.19. The van der Waals surface area contributed by atoms with Crippen molar-refractivity contribution in [2.75, 3.05) is 33.7 Å². The van der Waals surface area contributed by atoms with Gasteiger partial charge in [0, 0.05) is 26.3 Å². The molecule has 0 aliphatic carbocycles. The van der Waals surface area contributed by atoms with Crippen molar-refractivity contribution >= 4 is 11.9 Å². The molecular formula is C11H18N4O3. The Hall–Kier alpha value is -1.89. The second-order valence-corrected chi connectivity index (χ2v) is 4.33. The highest BCUT2D eigenvalue weighted by molar-refractivity contribution is 5.95. The van der Waals surface area contributed by atoms with Gasteiger partial charge in [-0.2, -0.15) is 5.10 Å². The smallest absolute Gasteiger partial charge is 0.323 e. The first-order chi connectivity index (χ1) is 8.40. The molecule has 0 spiro atoms. The highest BCUT2D eigenvalue weighted by Crippen LogP contribution is 2.03. The minimum absolute atomic E-state index is 0.304. The maximum absolute atomic E-state index is 12.1. The molecule has 0 unspecified atom stereocenters. The molecule has 1 aromatic rings. The normalized spacial score (nSPS) is 10.7. The van der Waals surface area contributed by atoms with Gasteiger partial charge in [-0.25, -0.2) is 0 Å². The first kappa shape index (κ1) is 14.2. The van der Waals surface area contributed by atoms with Gasteiger partial charge < -0.3 is 14.9 Å². The summed E-state index contributed by atoms with van der Waals surface area (Å²) in [6, 6.07) is 0. The number of carbonyl (C=O) groups is 2. The van der Waals surface area contributed by atoms with Crippen LogP contribution in [0, 0.1) is 0 Å². The van der Waals surface area contributed by atoms with Crippen LogP contribution < -0.4 is 0 Å². The van der Waals surface area contributed by atoms with Crippen LogP contribution in [0.15, 0.2) is 12.4 Å². The van der Waals surface area contributed by atoms with Crippen LogP contribution in [0.2, 0.25) is 0 Å². The van der Waals surface area contributed by atoms with Crippen molar-refractivity contribution in [1.29, 1.82) is 0 Å². The number of carboxylic acids is 1. The Kier molecular flexibility index (Phi) is 4.85. The molecule has 0 bridgehead atoms. The first-order valence-electron chi connectivity index (χ1n) is 5.54. The van der Waals surface area contributed by atoms with Crippen LogP contribution in [0.1, 0.15) is 10.4 Å². The number of hydrogen-bond donors (Lipinski definition) is 1. The molecule has 1 amide bonds. The fourth-order valence-corrected chi connectivity index (χ4v) is 1.45. The number of aliphatic carboxylic acids is 1. The molecule has 1 rings (SSSR count). The molecule has 1 N–H and O–H groups in total. The van der Waals surface area contributed by atoms with E-state index in [0.717, 1.165) is 0 Å². The predicted octanol–water partition coefficient (Wildman–Crippen LogP) is -0.491. The standard InChI is InChI=1S/C11H18N4O3/c1-13(2)4-5-15(8-10(16)17)11(18)9-6-12-14(3)7-9/h6-7H,4-5,8H2,1-3H3,(H,16,17). The van der Waals surface area contributed by atoms with Gasteiger partial charge in [0.15, 0.2) is 0 Å². The van der Waals surface area contributed by atoms with Crippen molar-refractivity contribution in [2.45, 2.75) is 0 Å². The van der Waals surface area contributed by atoms with E-state index in [9.17, 15) is 9.59 Å². The van der Waals surface area contributed by atoms with Gasteiger partial charge in [-0.05, 0) is 14.1 Å². The summed E-state index contributed by atoms with van der Waals surface area (Å²) >= 11 is 0. The Bertz CT molecular complexity index is 428. The third kappa shape index (κ3) is 4.17. The third-order valence-corrected chi connectivity index (χ3v) is 2.38. The van der Waals surface area contributed by atoms with Gasteiger partial charge in [-0.1, -0.05) is 0 Å². The van der Waals surface area contributed by atoms with Crippen LogP contribution >= 0.6 is 0 Å². The average molecular weight is 254 g/mol. The molecule has 0 saturated carbocycles. The van der Waals surface area contributed by atoms with Crippen molar-refractivity contribution < 1.29 is 14.7 Å². The van der Waals surface area contributed by atoms with Crippen LogP contribution in [0.5, 0.6) is 0 Å². The number of aryl methyl sites for hydroxylation is 1. The number of hydrogen-bond acceptors (Lipinski definition) is 4. The summed E-state index contributed by atoms with van der Waals surface area (Å²) in [4.78, 5) is 26.1. The summed E-state index contributed by atoms with van der Waals surface area (Å²) in [5, 5.41) is 12.7. The largest absolute Gasteiger partial charge is 0.480 e. The number of carboxylic acid groups (broad SMARTS) is 1. The van der Waals surface area contributed by atoms with Crippen LogP contribution in [-0.4, -0.2) is 70.3 Å². The summed E-state index contributed by atoms with van der Waals surface area (Å²) in [7, 11) is 5.44. The molecule has 100 valence electrons. The van der Waals surface area contributed by atoms with E-state index in [4.69, 9.17) is 5.11 Å². The van der Waals surface area contributed by atoms with Crippen molar-refractivity contribution in [3.8, 4) is 0 Å². The van der Waals surface area contributed by atoms with E-state index >= 15 is 0 Å². The number of aromatic nitrogens is 2. The maximum atomic E-state index is 12.1. The summed E-state index contributed by atoms with van der Waals surface area (Å²) in [6.45, 7) is 0.674. The number of likely N-dealkylation sites (N-methyl/N-ethyl adjacent to an activating group) is 1. The number of nitrogens with zero attached hydrogens (tertiary/aromatic N) is 4.